The Kier molecular flexibility index (Phi) is 5.95. The van der Waals surface area contributed by atoms with Gasteiger partial charge in [-0.15, -0.1) is 0 Å². The Hall–Kier alpha value is -0.970. The minimum atomic E-state index is -0.206. The maximum Gasteiger partial charge on any atom is 0.128 e. The van der Waals surface area contributed by atoms with Crippen LogP contribution in [-0.2, 0) is 22.6 Å². The lowest BCUT2D eigenvalue weighted by molar-refractivity contribution is 0.0961. The first-order valence-electron chi connectivity index (χ1n) is 7.30. The molecule has 0 unspecified atom stereocenters. The van der Waals surface area contributed by atoms with Crippen molar-refractivity contribution in [3.05, 3.63) is 35.1 Å². The molecule has 0 spiro atoms. The second-order valence-electron chi connectivity index (χ2n) is 5.51. The van der Waals surface area contributed by atoms with Crippen LogP contribution in [0.2, 0.25) is 0 Å². The maximum absolute atomic E-state index is 13.5. The second kappa shape index (κ2) is 7.72. The third-order valence-corrected chi connectivity index (χ3v) is 3.71. The topological polar surface area (TPSA) is 30.5 Å². The number of methoxy groups -OCH3 is 1. The van der Waals surface area contributed by atoms with Crippen molar-refractivity contribution in [1.82, 2.24) is 5.32 Å². The summed E-state index contributed by atoms with van der Waals surface area (Å²) >= 11 is 0. The molecule has 1 aromatic rings. The van der Waals surface area contributed by atoms with Gasteiger partial charge in [0.25, 0.3) is 0 Å². The molecule has 0 radical (unpaired) electrons. The van der Waals surface area contributed by atoms with Crippen LogP contribution in [0.1, 0.15) is 37.3 Å². The number of hydrogen-bond acceptors (Lipinski definition) is 3. The van der Waals surface area contributed by atoms with E-state index in [4.69, 9.17) is 9.47 Å². The highest BCUT2D eigenvalue weighted by Crippen LogP contribution is 2.17. The van der Waals surface area contributed by atoms with Crippen molar-refractivity contribution >= 4 is 0 Å². The highest BCUT2D eigenvalue weighted by molar-refractivity contribution is 5.24. The van der Waals surface area contributed by atoms with Crippen LogP contribution in [0.25, 0.3) is 0 Å². The van der Waals surface area contributed by atoms with Crippen molar-refractivity contribution in [1.29, 1.82) is 0 Å². The Morgan fingerprint density at radius 2 is 2.35 bits per heavy atom. The predicted molar refractivity (Wildman–Crippen MR) is 77.0 cm³/mol. The van der Waals surface area contributed by atoms with E-state index in [2.05, 4.69) is 12.2 Å². The van der Waals surface area contributed by atoms with Crippen molar-refractivity contribution in [3.63, 3.8) is 0 Å². The molecule has 0 aromatic heterocycles. The molecule has 1 aromatic carbocycles. The summed E-state index contributed by atoms with van der Waals surface area (Å²) in [6, 6.07) is 5.59. The third-order valence-electron chi connectivity index (χ3n) is 3.71. The van der Waals surface area contributed by atoms with Gasteiger partial charge in [-0.1, -0.05) is 6.07 Å². The molecule has 0 bridgehead atoms. The first kappa shape index (κ1) is 15.4. The molecule has 1 heterocycles. The molecule has 0 aliphatic carbocycles. The van der Waals surface area contributed by atoms with Gasteiger partial charge >= 0.3 is 0 Å². The van der Waals surface area contributed by atoms with Crippen LogP contribution >= 0.6 is 0 Å². The quantitative estimate of drug-likeness (QED) is 0.833. The molecule has 1 saturated heterocycles. The molecule has 0 amide bonds. The Balaban J connectivity index is 1.81. The predicted octanol–water partition coefficient (Wildman–Crippen LogP) is 3.02. The largest absolute Gasteiger partial charge is 0.380 e. The Morgan fingerprint density at radius 3 is 3.05 bits per heavy atom. The van der Waals surface area contributed by atoms with Crippen molar-refractivity contribution in [3.8, 4) is 0 Å². The second-order valence-corrected chi connectivity index (χ2v) is 5.51. The summed E-state index contributed by atoms with van der Waals surface area (Å²) in [7, 11) is 1.58. The van der Waals surface area contributed by atoms with Crippen LogP contribution in [0.15, 0.2) is 18.2 Å². The molecule has 20 heavy (non-hydrogen) atoms. The van der Waals surface area contributed by atoms with E-state index in [9.17, 15) is 4.39 Å². The van der Waals surface area contributed by atoms with Gasteiger partial charge in [0, 0.05) is 31.9 Å². The van der Waals surface area contributed by atoms with E-state index in [0.717, 1.165) is 25.1 Å². The summed E-state index contributed by atoms with van der Waals surface area (Å²) in [6.07, 6.45) is 3.78. The monoisotopic (exact) mass is 281 g/mol. The summed E-state index contributed by atoms with van der Waals surface area (Å²) in [4.78, 5) is 0. The number of halogens is 1. The minimum absolute atomic E-state index is 0.206. The van der Waals surface area contributed by atoms with Crippen molar-refractivity contribution in [2.45, 2.75) is 51.5 Å². The number of hydrogen-bond donors (Lipinski definition) is 1. The molecule has 112 valence electrons. The fourth-order valence-corrected chi connectivity index (χ4v) is 2.60. The van der Waals surface area contributed by atoms with E-state index >= 15 is 0 Å². The average Bonchev–Trinajstić information content (AvgIpc) is 2.93. The lowest BCUT2D eigenvalue weighted by Crippen LogP contribution is -2.29. The normalized spacial score (nSPS) is 20.2. The fraction of sp³-hybridized carbons (Fsp3) is 0.625. The Labute approximate surface area is 120 Å². The molecule has 2 rings (SSSR count). The Morgan fingerprint density at radius 1 is 1.50 bits per heavy atom. The van der Waals surface area contributed by atoms with Crippen LogP contribution in [0.3, 0.4) is 0 Å². The molecule has 1 aliphatic rings. The van der Waals surface area contributed by atoms with Gasteiger partial charge in [-0.3, -0.25) is 0 Å². The van der Waals surface area contributed by atoms with E-state index in [0.29, 0.717) is 24.3 Å². The number of nitrogens with one attached hydrogen (secondary N) is 1. The van der Waals surface area contributed by atoms with Gasteiger partial charge in [0.1, 0.15) is 5.82 Å². The number of ether oxygens (including phenoxy) is 2. The summed E-state index contributed by atoms with van der Waals surface area (Å²) in [5.74, 6) is -0.206. The zero-order valence-corrected chi connectivity index (χ0v) is 12.3. The highest BCUT2D eigenvalue weighted by Gasteiger charge is 2.18. The van der Waals surface area contributed by atoms with Crippen LogP contribution in [-0.4, -0.2) is 25.9 Å². The zero-order valence-electron chi connectivity index (χ0n) is 12.3. The van der Waals surface area contributed by atoms with Gasteiger partial charge < -0.3 is 14.8 Å². The summed E-state index contributed by atoms with van der Waals surface area (Å²) in [5, 5.41) is 3.47. The van der Waals surface area contributed by atoms with Crippen molar-refractivity contribution in [2.24, 2.45) is 0 Å². The Bertz CT molecular complexity index is 419. The smallest absolute Gasteiger partial charge is 0.128 e. The summed E-state index contributed by atoms with van der Waals surface area (Å²) < 4.78 is 24.1. The lowest BCUT2D eigenvalue weighted by Gasteiger charge is -2.18. The summed E-state index contributed by atoms with van der Waals surface area (Å²) in [5.41, 5.74) is 1.69. The van der Waals surface area contributed by atoms with Gasteiger partial charge in [-0.05, 0) is 43.9 Å². The number of benzene rings is 1. The molecule has 1 aliphatic heterocycles. The lowest BCUT2D eigenvalue weighted by atomic mass is 10.1. The fourth-order valence-electron chi connectivity index (χ4n) is 2.60. The molecule has 3 nitrogen and oxygen atoms in total. The molecule has 1 fully saturated rings. The molecule has 0 saturated carbocycles. The van der Waals surface area contributed by atoms with Crippen molar-refractivity contribution < 1.29 is 13.9 Å². The average molecular weight is 281 g/mol. The van der Waals surface area contributed by atoms with Gasteiger partial charge in [0.05, 0.1) is 12.7 Å². The van der Waals surface area contributed by atoms with Gasteiger partial charge in [0.2, 0.25) is 0 Å². The van der Waals surface area contributed by atoms with Crippen molar-refractivity contribution in [2.75, 3.05) is 13.7 Å². The van der Waals surface area contributed by atoms with E-state index in [1.54, 1.807) is 7.11 Å². The van der Waals surface area contributed by atoms with Crippen LogP contribution < -0.4 is 5.32 Å². The maximum atomic E-state index is 13.5. The molecule has 2 atom stereocenters. The summed E-state index contributed by atoms with van der Waals surface area (Å²) in [6.45, 7) is 4.12. The minimum Gasteiger partial charge on any atom is -0.380 e. The molecule has 1 N–H and O–H groups in total. The van der Waals surface area contributed by atoms with Crippen LogP contribution in [0, 0.1) is 5.82 Å². The van der Waals surface area contributed by atoms with E-state index < -0.39 is 0 Å². The van der Waals surface area contributed by atoms with Gasteiger partial charge in [0.15, 0.2) is 0 Å². The molecule has 4 heteroatoms. The number of rotatable bonds is 7. The van der Waals surface area contributed by atoms with E-state index in [-0.39, 0.29) is 5.82 Å². The molecular formula is C16H24FNO2. The highest BCUT2D eigenvalue weighted by atomic mass is 19.1. The van der Waals surface area contributed by atoms with Crippen LogP contribution in [0.5, 0.6) is 0 Å². The van der Waals surface area contributed by atoms with E-state index in [1.165, 1.54) is 18.9 Å². The van der Waals surface area contributed by atoms with Gasteiger partial charge in [-0.25, -0.2) is 4.39 Å². The first-order valence-corrected chi connectivity index (χ1v) is 7.30. The first-order chi connectivity index (χ1) is 9.69. The third kappa shape index (κ3) is 4.54. The SMILES string of the molecule is COCc1cc(CN[C@H](C)C[C@@H]2CCCO2)ccc1F. The standard InChI is InChI=1S/C16H24FNO2/c1-12(8-15-4-3-7-20-15)18-10-13-5-6-16(17)14(9-13)11-19-2/h5-6,9,12,15,18H,3-4,7-8,10-11H2,1-2H3/t12-,15+/m1/s1. The molecular weight excluding hydrogens is 257 g/mol. The van der Waals surface area contributed by atoms with Gasteiger partial charge in [-0.2, -0.15) is 0 Å². The van der Waals surface area contributed by atoms with Crippen LogP contribution in [0.4, 0.5) is 4.39 Å². The zero-order chi connectivity index (χ0) is 14.4. The van der Waals surface area contributed by atoms with E-state index in [1.807, 2.05) is 12.1 Å².